The Labute approximate surface area is 127 Å². The van der Waals surface area contributed by atoms with E-state index in [0.29, 0.717) is 16.1 Å². The highest BCUT2D eigenvalue weighted by molar-refractivity contribution is 7.91. The molecule has 0 aliphatic heterocycles. The van der Waals surface area contributed by atoms with Crippen molar-refractivity contribution in [2.75, 3.05) is 11.1 Å². The first-order chi connectivity index (χ1) is 10.3. The Bertz CT molecular complexity index is 937. The second-order valence-electron chi connectivity index (χ2n) is 5.72. The molecule has 3 rings (SSSR count). The van der Waals surface area contributed by atoms with E-state index >= 15 is 0 Å². The maximum absolute atomic E-state index is 12.3. The molecule has 0 radical (unpaired) electrons. The van der Waals surface area contributed by atoms with Crippen LogP contribution < -0.4 is 16.1 Å². The van der Waals surface area contributed by atoms with E-state index in [9.17, 15) is 18.0 Å². The smallest absolute Gasteiger partial charge is 0.305 e. The van der Waals surface area contributed by atoms with Gasteiger partial charge in [0.15, 0.2) is 0 Å². The van der Waals surface area contributed by atoms with Gasteiger partial charge in [-0.05, 0) is 36.5 Å². The molecule has 1 aromatic carbocycles. The molecular formula is C14H17N3O4S. The second kappa shape index (κ2) is 5.28. The van der Waals surface area contributed by atoms with Gasteiger partial charge in [0.1, 0.15) is 0 Å². The minimum absolute atomic E-state index is 0.275. The fourth-order valence-electron chi connectivity index (χ4n) is 3.00. The lowest BCUT2D eigenvalue weighted by atomic mass is 9.97. The van der Waals surface area contributed by atoms with E-state index in [0.717, 1.165) is 24.7 Å². The summed E-state index contributed by atoms with van der Waals surface area (Å²) in [5.41, 5.74) is 0.0634. The highest BCUT2D eigenvalue weighted by atomic mass is 32.2. The minimum atomic E-state index is -3.72. The summed E-state index contributed by atoms with van der Waals surface area (Å²) in [7, 11) is -3.72. The number of aromatic amines is 1. The van der Waals surface area contributed by atoms with Crippen LogP contribution in [0.5, 0.6) is 0 Å². The summed E-state index contributed by atoms with van der Waals surface area (Å²) in [6, 6.07) is 5.34. The maximum Gasteiger partial charge on any atom is 0.348 e. The molecule has 22 heavy (non-hydrogen) atoms. The van der Waals surface area contributed by atoms with E-state index in [1.165, 1.54) is 12.8 Å². The van der Waals surface area contributed by atoms with Crippen molar-refractivity contribution in [2.45, 2.75) is 31.6 Å². The highest BCUT2D eigenvalue weighted by Gasteiger charge is 2.18. The fraction of sp³-hybridized carbons (Fsp3) is 0.429. The quantitative estimate of drug-likeness (QED) is 0.874. The van der Waals surface area contributed by atoms with Crippen molar-refractivity contribution >= 4 is 20.9 Å². The van der Waals surface area contributed by atoms with Gasteiger partial charge in [0, 0.05) is 0 Å². The van der Waals surface area contributed by atoms with Gasteiger partial charge in [-0.3, -0.25) is 4.79 Å². The highest BCUT2D eigenvalue weighted by Crippen LogP contribution is 2.34. The number of nitrogens with one attached hydrogen (secondary N) is 2. The number of rotatable bonds is 3. The Morgan fingerprint density at radius 3 is 2.55 bits per heavy atom. The van der Waals surface area contributed by atoms with Gasteiger partial charge in [0.2, 0.25) is 10.0 Å². The summed E-state index contributed by atoms with van der Waals surface area (Å²) in [6.07, 6.45) is 5.50. The van der Waals surface area contributed by atoms with Gasteiger partial charge >= 0.3 is 5.69 Å². The molecule has 0 amide bonds. The lowest BCUT2D eigenvalue weighted by Crippen LogP contribution is -2.43. The van der Waals surface area contributed by atoms with Crippen molar-refractivity contribution in [2.24, 2.45) is 0 Å². The van der Waals surface area contributed by atoms with Crippen LogP contribution in [0.3, 0.4) is 0 Å². The zero-order valence-corrected chi connectivity index (χ0v) is 12.9. The number of nitrogens with zero attached hydrogens (tertiary/aromatic N) is 1. The first-order valence-corrected chi connectivity index (χ1v) is 9.01. The van der Waals surface area contributed by atoms with Crippen LogP contribution in [0.15, 0.2) is 27.8 Å². The van der Waals surface area contributed by atoms with Gasteiger partial charge in [0.25, 0.3) is 5.56 Å². The van der Waals surface area contributed by atoms with Gasteiger partial charge in [-0.25, -0.2) is 18.0 Å². The van der Waals surface area contributed by atoms with Crippen LogP contribution in [0, 0.1) is 0 Å². The molecule has 1 saturated carbocycles. The lowest BCUT2D eigenvalue weighted by molar-refractivity contribution is 0.598. The SMILES string of the molecule is CS(=O)(=O)Nn1c(=O)[nH]c2cc(C3CCCC3)ccc2c1=O. The Kier molecular flexibility index (Phi) is 3.56. The van der Waals surface area contributed by atoms with Crippen molar-refractivity contribution < 1.29 is 8.42 Å². The number of fused-ring (bicyclic) bond motifs is 1. The molecule has 1 aliphatic carbocycles. The zero-order valence-electron chi connectivity index (χ0n) is 12.1. The standard InChI is InChI=1S/C14H17N3O4S/c1-22(20,21)16-17-13(18)11-7-6-10(9-4-2-3-5-9)8-12(11)15-14(17)19/h6-9,16H,2-5H2,1H3,(H,15,19). The fourth-order valence-corrected chi connectivity index (χ4v) is 3.49. The van der Waals surface area contributed by atoms with Crippen molar-refractivity contribution in [3.05, 3.63) is 44.6 Å². The predicted octanol–water partition coefficient (Wildman–Crippen LogP) is 0.850. The number of hydrogen-bond donors (Lipinski definition) is 2. The van der Waals surface area contributed by atoms with Gasteiger partial charge in [-0.1, -0.05) is 18.9 Å². The Morgan fingerprint density at radius 2 is 1.91 bits per heavy atom. The molecule has 1 aliphatic rings. The second-order valence-corrected chi connectivity index (χ2v) is 7.45. The van der Waals surface area contributed by atoms with E-state index < -0.39 is 21.3 Å². The number of hydrogen-bond acceptors (Lipinski definition) is 4. The van der Waals surface area contributed by atoms with Gasteiger partial charge in [0.05, 0.1) is 17.2 Å². The van der Waals surface area contributed by atoms with E-state index in [1.54, 1.807) is 6.07 Å². The molecule has 118 valence electrons. The van der Waals surface area contributed by atoms with E-state index in [1.807, 2.05) is 17.0 Å². The molecule has 1 fully saturated rings. The molecule has 2 N–H and O–H groups in total. The maximum atomic E-state index is 12.3. The van der Waals surface area contributed by atoms with E-state index in [2.05, 4.69) is 4.98 Å². The van der Waals surface area contributed by atoms with Crippen LogP contribution in [-0.4, -0.2) is 24.3 Å². The first kappa shape index (κ1) is 14.8. The monoisotopic (exact) mass is 323 g/mol. The van der Waals surface area contributed by atoms with Gasteiger partial charge in [-0.2, -0.15) is 4.68 Å². The normalized spacial score (nSPS) is 16.2. The molecule has 0 bridgehead atoms. The Morgan fingerprint density at radius 1 is 1.23 bits per heavy atom. The van der Waals surface area contributed by atoms with Crippen LogP contribution in [0.4, 0.5) is 0 Å². The summed E-state index contributed by atoms with van der Waals surface area (Å²) in [6.45, 7) is 0. The summed E-state index contributed by atoms with van der Waals surface area (Å²) < 4.78 is 23.0. The molecule has 2 aromatic rings. The largest absolute Gasteiger partial charge is 0.348 e. The van der Waals surface area contributed by atoms with E-state index in [-0.39, 0.29) is 5.39 Å². The van der Waals surface area contributed by atoms with Crippen LogP contribution in [0.2, 0.25) is 0 Å². The number of benzene rings is 1. The first-order valence-electron chi connectivity index (χ1n) is 7.12. The predicted molar refractivity (Wildman–Crippen MR) is 84.2 cm³/mol. The summed E-state index contributed by atoms with van der Waals surface area (Å²) >= 11 is 0. The lowest BCUT2D eigenvalue weighted by Gasteiger charge is -2.11. The van der Waals surface area contributed by atoms with Crippen molar-refractivity contribution in [3.63, 3.8) is 0 Å². The molecule has 0 unspecified atom stereocenters. The summed E-state index contributed by atoms with van der Waals surface area (Å²) in [5, 5.41) is 0.275. The van der Waals surface area contributed by atoms with Gasteiger partial charge < -0.3 is 4.98 Å². The molecule has 0 atom stereocenters. The molecule has 0 spiro atoms. The third-order valence-electron chi connectivity index (χ3n) is 4.01. The molecule has 0 saturated heterocycles. The summed E-state index contributed by atoms with van der Waals surface area (Å²) in [5.74, 6) is 0.462. The van der Waals surface area contributed by atoms with Gasteiger partial charge in [-0.15, -0.1) is 0 Å². The minimum Gasteiger partial charge on any atom is -0.305 e. The van der Waals surface area contributed by atoms with Crippen molar-refractivity contribution in [3.8, 4) is 0 Å². The van der Waals surface area contributed by atoms with Crippen molar-refractivity contribution in [1.29, 1.82) is 0 Å². The third kappa shape index (κ3) is 2.78. The third-order valence-corrected chi connectivity index (χ3v) is 4.52. The molecular weight excluding hydrogens is 306 g/mol. The van der Waals surface area contributed by atoms with Crippen LogP contribution in [-0.2, 0) is 10.0 Å². The van der Waals surface area contributed by atoms with Crippen LogP contribution >= 0.6 is 0 Å². The Hall–Kier alpha value is -2.09. The zero-order chi connectivity index (χ0) is 15.9. The average molecular weight is 323 g/mol. The van der Waals surface area contributed by atoms with Crippen molar-refractivity contribution in [1.82, 2.24) is 9.66 Å². The number of sulfonamides is 1. The topological polar surface area (TPSA) is 101 Å². The number of aromatic nitrogens is 2. The summed E-state index contributed by atoms with van der Waals surface area (Å²) in [4.78, 5) is 28.7. The van der Waals surface area contributed by atoms with E-state index in [4.69, 9.17) is 0 Å². The molecule has 7 nitrogen and oxygen atoms in total. The van der Waals surface area contributed by atoms with Crippen LogP contribution in [0.1, 0.15) is 37.2 Å². The average Bonchev–Trinajstić information content (AvgIpc) is 2.96. The Balaban J connectivity index is 2.14. The molecule has 1 heterocycles. The number of H-pyrrole nitrogens is 1. The van der Waals surface area contributed by atoms with Crippen LogP contribution in [0.25, 0.3) is 10.9 Å². The molecule has 1 aromatic heterocycles. The molecule has 8 heteroatoms.